The first-order chi connectivity index (χ1) is 23.4. The largest absolute Gasteiger partial charge is 0.469 e. The van der Waals surface area contributed by atoms with Gasteiger partial charge in [0.05, 0.1) is 19.9 Å². The smallest absolute Gasteiger partial charge is 0.305 e. The molecule has 2 aromatic heterocycles. The van der Waals surface area contributed by atoms with Crippen molar-refractivity contribution in [3.8, 4) is 0 Å². The lowest BCUT2D eigenvalue weighted by atomic mass is 10.0. The Hall–Kier alpha value is -2.57. The molecule has 0 saturated carbocycles. The van der Waals surface area contributed by atoms with Crippen molar-refractivity contribution in [2.45, 2.75) is 66.2 Å². The number of rotatable bonds is 15. The summed E-state index contributed by atoms with van der Waals surface area (Å²) in [6.45, 7) is 7.75. The maximum absolute atomic E-state index is 12.7. The summed E-state index contributed by atoms with van der Waals surface area (Å²) in [5, 5.41) is 4.59. The Morgan fingerprint density at radius 2 is 1.35 bits per heavy atom. The van der Waals surface area contributed by atoms with Crippen molar-refractivity contribution < 1.29 is 28.7 Å². The first kappa shape index (κ1) is 39.2. The van der Waals surface area contributed by atoms with E-state index in [1.165, 1.54) is 14.2 Å². The van der Waals surface area contributed by atoms with E-state index < -0.39 is 0 Å². The molecule has 10 nitrogen and oxygen atoms in total. The summed E-state index contributed by atoms with van der Waals surface area (Å²) in [7, 11) is 6.10. The number of H-pyrrole nitrogens is 2. The number of carbonyl (C=O) groups excluding carboxylic acids is 4. The van der Waals surface area contributed by atoms with Crippen molar-refractivity contribution in [2.75, 3.05) is 25.7 Å². The molecule has 49 heavy (non-hydrogen) atoms. The molecule has 2 amide bonds. The minimum absolute atomic E-state index is 0.0998. The van der Waals surface area contributed by atoms with E-state index >= 15 is 0 Å². The first-order valence-electron chi connectivity index (χ1n) is 15.7. The molecule has 3 N–H and O–H groups in total. The first-order valence-corrected chi connectivity index (χ1v) is 22.8. The van der Waals surface area contributed by atoms with Gasteiger partial charge >= 0.3 is 11.9 Å². The highest BCUT2D eigenvalue weighted by Gasteiger charge is 2.25. The molecule has 2 aliphatic rings. The molecule has 4 heterocycles. The molecular weight excluding hydrogens is 890 g/mol. The van der Waals surface area contributed by atoms with Crippen LogP contribution >= 0.6 is 60.3 Å². The Bertz CT molecular complexity index is 1920. The summed E-state index contributed by atoms with van der Waals surface area (Å²) >= 11 is 4.49. The molecule has 262 valence electrons. The fourth-order valence-electron chi connectivity index (χ4n) is 5.99. The van der Waals surface area contributed by atoms with Crippen LogP contribution in [0, 0.1) is 13.8 Å². The molecule has 0 radical (unpaired) electrons. The molecule has 0 aromatic carbocycles. The Balaban J connectivity index is 1.89. The second-order valence-corrected chi connectivity index (χ2v) is 16.7. The van der Waals surface area contributed by atoms with Crippen LogP contribution in [-0.2, 0) is 41.5 Å². The van der Waals surface area contributed by atoms with Gasteiger partial charge in [-0.25, -0.2) is 4.99 Å². The molecule has 2 aromatic rings. The van der Waals surface area contributed by atoms with E-state index in [2.05, 4.69) is 62.7 Å². The minimum atomic E-state index is -0.318. The summed E-state index contributed by atoms with van der Waals surface area (Å²) in [5.41, 5.74) is 10.0. The van der Waals surface area contributed by atoms with E-state index in [4.69, 9.17) is 9.47 Å². The highest BCUT2D eigenvalue weighted by molar-refractivity contribution is 14.2. The number of nitrogens with zero attached hydrogens (tertiary/aromatic N) is 1. The van der Waals surface area contributed by atoms with Crippen LogP contribution in [0.4, 0.5) is 0 Å². The van der Waals surface area contributed by atoms with Gasteiger partial charge in [-0.2, -0.15) is 0 Å². The molecule has 4 rings (SSSR count). The van der Waals surface area contributed by atoms with E-state index in [9.17, 15) is 19.2 Å². The third kappa shape index (κ3) is 9.41. The van der Waals surface area contributed by atoms with Gasteiger partial charge < -0.3 is 24.8 Å². The maximum Gasteiger partial charge on any atom is 0.305 e. The van der Waals surface area contributed by atoms with E-state index in [1.54, 1.807) is 17.9 Å². The van der Waals surface area contributed by atoms with Gasteiger partial charge in [0, 0.05) is 63.3 Å². The number of ether oxygens (including phenoxy) is 2. The van der Waals surface area contributed by atoms with Crippen LogP contribution in [0.2, 0.25) is 0 Å². The average molecular weight is 931 g/mol. The number of aliphatic imine (C=N–C) groups is 1. The summed E-state index contributed by atoms with van der Waals surface area (Å²) in [5.74, 6) is 0.771. The van der Waals surface area contributed by atoms with Crippen LogP contribution in [0.25, 0.3) is 18.2 Å². The fourth-order valence-corrected chi connectivity index (χ4v) is 7.87. The van der Waals surface area contributed by atoms with Crippen molar-refractivity contribution in [1.82, 2.24) is 15.3 Å². The SMILES string of the molecule is COC(=O)CCc1c(C=c2[nH]c(=CC3=NC(=O)C(CCSI)=C3C)c(C)c2CCC(=O)OC)[nH]c(/C=C2\NC(=O)C(C)=C2CCSI)c1C. The number of carbonyl (C=O) groups is 4. The molecular formula is C35H40I2N4O6S2. The maximum atomic E-state index is 12.7. The quantitative estimate of drug-likeness (QED) is 0.150. The number of allylic oxidation sites excluding steroid dienone is 2. The van der Waals surface area contributed by atoms with Crippen LogP contribution in [0.1, 0.15) is 73.2 Å². The second-order valence-electron chi connectivity index (χ2n) is 11.7. The number of methoxy groups -OCH3 is 2. The van der Waals surface area contributed by atoms with Crippen molar-refractivity contribution in [3.63, 3.8) is 0 Å². The Morgan fingerprint density at radius 1 is 0.735 bits per heavy atom. The number of aromatic nitrogens is 2. The molecule has 14 heteroatoms. The van der Waals surface area contributed by atoms with E-state index in [-0.39, 0.29) is 36.6 Å². The van der Waals surface area contributed by atoms with Gasteiger partial charge in [-0.3, -0.25) is 19.2 Å². The van der Waals surface area contributed by atoms with Crippen LogP contribution in [-0.4, -0.2) is 65.2 Å². The number of hydrogen-bond acceptors (Lipinski definition) is 8. The van der Waals surface area contributed by atoms with E-state index in [0.29, 0.717) is 30.5 Å². The number of esters is 2. The van der Waals surface area contributed by atoms with Crippen molar-refractivity contribution in [2.24, 2.45) is 4.99 Å². The van der Waals surface area contributed by atoms with Gasteiger partial charge in [-0.05, 0) is 147 Å². The molecule has 0 aliphatic carbocycles. The summed E-state index contributed by atoms with van der Waals surface area (Å²) < 4.78 is 9.89. The van der Waals surface area contributed by atoms with Gasteiger partial charge in [-0.15, -0.1) is 0 Å². The summed E-state index contributed by atoms with van der Waals surface area (Å²) in [4.78, 5) is 61.3. The van der Waals surface area contributed by atoms with Crippen LogP contribution < -0.4 is 16.0 Å². The lowest BCUT2D eigenvalue weighted by molar-refractivity contribution is -0.141. The number of nitrogens with one attached hydrogen (secondary N) is 3. The predicted molar refractivity (Wildman–Crippen MR) is 215 cm³/mol. The summed E-state index contributed by atoms with van der Waals surface area (Å²) in [6.07, 6.45) is 8.50. The van der Waals surface area contributed by atoms with Gasteiger partial charge in [-0.1, -0.05) is 17.9 Å². The third-order valence-electron chi connectivity index (χ3n) is 8.92. The lowest BCUT2D eigenvalue weighted by Crippen LogP contribution is -2.15. The normalized spacial score (nSPS) is 16.4. The Morgan fingerprint density at radius 3 is 1.96 bits per heavy atom. The van der Waals surface area contributed by atoms with Crippen molar-refractivity contribution in [1.29, 1.82) is 0 Å². The van der Waals surface area contributed by atoms with Gasteiger partial charge in [0.25, 0.3) is 11.8 Å². The third-order valence-corrected chi connectivity index (χ3v) is 12.3. The number of amides is 2. The molecule has 2 aliphatic heterocycles. The molecule has 0 atom stereocenters. The Labute approximate surface area is 318 Å². The molecule has 0 unspecified atom stereocenters. The van der Waals surface area contributed by atoms with Gasteiger partial charge in [0.15, 0.2) is 0 Å². The predicted octanol–water partition coefficient (Wildman–Crippen LogP) is 5.81. The van der Waals surface area contributed by atoms with Crippen LogP contribution in [0.3, 0.4) is 0 Å². The van der Waals surface area contributed by atoms with Gasteiger partial charge in [0.2, 0.25) is 0 Å². The Kier molecular flexibility index (Phi) is 14.5. The highest BCUT2D eigenvalue weighted by atomic mass is 127. The zero-order valence-corrected chi connectivity index (χ0v) is 34.3. The van der Waals surface area contributed by atoms with Gasteiger partial charge in [0.1, 0.15) is 0 Å². The fraction of sp³-hybridized carbons (Fsp3) is 0.400. The number of aromatic amines is 2. The average Bonchev–Trinajstić information content (AvgIpc) is 3.73. The molecule has 0 bridgehead atoms. The topological polar surface area (TPSA) is 143 Å². The number of hydrogen-bond donors (Lipinski definition) is 3. The minimum Gasteiger partial charge on any atom is -0.469 e. The number of halogens is 2. The van der Waals surface area contributed by atoms with Crippen LogP contribution in [0.5, 0.6) is 0 Å². The molecule has 0 fully saturated rings. The lowest BCUT2D eigenvalue weighted by Gasteiger charge is -2.05. The van der Waals surface area contributed by atoms with E-state index in [1.807, 2.05) is 45.9 Å². The van der Waals surface area contributed by atoms with E-state index in [0.717, 1.165) is 84.7 Å². The van der Waals surface area contributed by atoms with Crippen molar-refractivity contribution in [3.05, 3.63) is 72.3 Å². The standard InChI is InChI=1S/C35H40I2N4O6S2/c1-18-22(7-9-32(42)46-5)29(38-26(18)15-28-20(3)25(12-14-49-37)35(45)40-28)17-30-23(8-10-33(43)47-6)19(2)27(39-30)16-31-24(11-13-48-36)21(4)34(44)41-31/h15-17,38-39H,7-14H2,1-6H3,(H,41,44)/b26-15?,29-17?,31-16-. The zero-order valence-electron chi connectivity index (χ0n) is 28.4. The molecule has 0 spiro atoms. The molecule has 0 saturated heterocycles. The zero-order chi connectivity index (χ0) is 35.8. The van der Waals surface area contributed by atoms with Crippen LogP contribution in [0.15, 0.2) is 33.0 Å². The highest BCUT2D eigenvalue weighted by Crippen LogP contribution is 2.30. The summed E-state index contributed by atoms with van der Waals surface area (Å²) in [6, 6.07) is 0. The monoisotopic (exact) mass is 930 g/mol. The van der Waals surface area contributed by atoms with Crippen molar-refractivity contribution >= 4 is 108 Å². The second kappa shape index (κ2) is 18.1.